The number of hydrogen-bond donors (Lipinski definition) is 2. The van der Waals surface area contributed by atoms with Gasteiger partial charge in [-0.25, -0.2) is 0 Å². The summed E-state index contributed by atoms with van der Waals surface area (Å²) in [4.78, 5) is 22.2. The third-order valence-corrected chi connectivity index (χ3v) is 2.10. The average Bonchev–Trinajstić information content (AvgIpc) is 2.27. The molecule has 86 valence electrons. The standard InChI is InChI=1S/C11H13NO4/c1-16-9-5-3-2-4-7(9)11(15)8(12)6-10(13)14/h2-5,8H,6,12H2,1H3,(H,13,14). The number of carboxylic acids is 1. The highest BCUT2D eigenvalue weighted by atomic mass is 16.5. The van der Waals surface area contributed by atoms with Gasteiger partial charge in [0.1, 0.15) is 5.75 Å². The molecule has 0 aromatic heterocycles. The number of methoxy groups -OCH3 is 1. The summed E-state index contributed by atoms with van der Waals surface area (Å²) < 4.78 is 5.00. The lowest BCUT2D eigenvalue weighted by molar-refractivity contribution is -0.137. The number of carboxylic acid groups (broad SMARTS) is 1. The number of aliphatic carboxylic acids is 1. The molecule has 3 N–H and O–H groups in total. The molecular weight excluding hydrogens is 210 g/mol. The summed E-state index contributed by atoms with van der Waals surface area (Å²) in [6.45, 7) is 0. The van der Waals surface area contributed by atoms with E-state index in [9.17, 15) is 9.59 Å². The fraction of sp³-hybridized carbons (Fsp3) is 0.273. The molecule has 0 aliphatic carbocycles. The molecule has 5 heteroatoms. The van der Waals surface area contributed by atoms with Crippen LogP contribution in [0, 0.1) is 0 Å². The van der Waals surface area contributed by atoms with Gasteiger partial charge >= 0.3 is 5.97 Å². The molecule has 0 saturated carbocycles. The maximum absolute atomic E-state index is 11.8. The topological polar surface area (TPSA) is 89.6 Å². The van der Waals surface area contributed by atoms with Gasteiger partial charge in [0.15, 0.2) is 5.78 Å². The van der Waals surface area contributed by atoms with Crippen molar-refractivity contribution < 1.29 is 19.4 Å². The van der Waals surface area contributed by atoms with Crippen LogP contribution in [-0.2, 0) is 4.79 Å². The van der Waals surface area contributed by atoms with Crippen molar-refractivity contribution in [3.05, 3.63) is 29.8 Å². The van der Waals surface area contributed by atoms with Crippen molar-refractivity contribution in [1.82, 2.24) is 0 Å². The van der Waals surface area contributed by atoms with Gasteiger partial charge in [-0.05, 0) is 12.1 Å². The van der Waals surface area contributed by atoms with Crippen LogP contribution in [0.2, 0.25) is 0 Å². The van der Waals surface area contributed by atoms with Crippen molar-refractivity contribution >= 4 is 11.8 Å². The zero-order valence-corrected chi connectivity index (χ0v) is 8.84. The number of ether oxygens (including phenoxy) is 1. The summed E-state index contributed by atoms with van der Waals surface area (Å²) in [7, 11) is 1.44. The van der Waals surface area contributed by atoms with E-state index in [1.54, 1.807) is 24.3 Å². The third kappa shape index (κ3) is 2.80. The summed E-state index contributed by atoms with van der Waals surface area (Å²) in [6.07, 6.45) is -0.392. The van der Waals surface area contributed by atoms with Gasteiger partial charge < -0.3 is 15.6 Å². The Bertz CT molecular complexity index is 403. The molecule has 0 radical (unpaired) electrons. The minimum atomic E-state index is -1.10. The normalized spacial score (nSPS) is 11.9. The van der Waals surface area contributed by atoms with Crippen molar-refractivity contribution in [3.63, 3.8) is 0 Å². The fourth-order valence-corrected chi connectivity index (χ4v) is 1.33. The van der Waals surface area contributed by atoms with E-state index in [0.29, 0.717) is 11.3 Å². The predicted octanol–water partition coefficient (Wildman–Crippen LogP) is 0.680. The minimum absolute atomic E-state index is 0.304. The van der Waals surface area contributed by atoms with E-state index in [1.165, 1.54) is 7.11 Å². The second kappa shape index (κ2) is 5.27. The van der Waals surface area contributed by atoms with Crippen LogP contribution < -0.4 is 10.5 Å². The largest absolute Gasteiger partial charge is 0.496 e. The molecule has 0 fully saturated rings. The van der Waals surface area contributed by atoms with Gasteiger partial charge in [0.2, 0.25) is 0 Å². The molecule has 0 saturated heterocycles. The van der Waals surface area contributed by atoms with E-state index in [4.69, 9.17) is 15.6 Å². The highest BCUT2D eigenvalue weighted by molar-refractivity contribution is 6.03. The number of ketones is 1. The van der Waals surface area contributed by atoms with Gasteiger partial charge in [-0.2, -0.15) is 0 Å². The second-order valence-electron chi connectivity index (χ2n) is 3.27. The van der Waals surface area contributed by atoms with Crippen molar-refractivity contribution in [2.75, 3.05) is 7.11 Å². The third-order valence-electron chi connectivity index (χ3n) is 2.10. The molecule has 1 unspecified atom stereocenters. The zero-order chi connectivity index (χ0) is 12.1. The van der Waals surface area contributed by atoms with Gasteiger partial charge in [-0.1, -0.05) is 12.1 Å². The molecule has 1 aromatic carbocycles. The molecule has 1 atom stereocenters. The number of rotatable bonds is 5. The first kappa shape index (κ1) is 12.2. The van der Waals surface area contributed by atoms with Crippen LogP contribution >= 0.6 is 0 Å². The summed E-state index contributed by atoms with van der Waals surface area (Å²) in [5.41, 5.74) is 5.79. The van der Waals surface area contributed by atoms with Gasteiger partial charge in [0.05, 0.1) is 25.1 Å². The van der Waals surface area contributed by atoms with Crippen molar-refractivity contribution in [3.8, 4) is 5.75 Å². The van der Waals surface area contributed by atoms with Crippen molar-refractivity contribution in [1.29, 1.82) is 0 Å². The fourth-order valence-electron chi connectivity index (χ4n) is 1.33. The molecule has 0 aliphatic rings. The van der Waals surface area contributed by atoms with Crippen LogP contribution in [0.25, 0.3) is 0 Å². The maximum Gasteiger partial charge on any atom is 0.305 e. The van der Waals surface area contributed by atoms with Gasteiger partial charge in [-0.3, -0.25) is 9.59 Å². The second-order valence-corrected chi connectivity index (χ2v) is 3.27. The predicted molar refractivity (Wildman–Crippen MR) is 57.6 cm³/mol. The lowest BCUT2D eigenvalue weighted by Crippen LogP contribution is -2.33. The van der Waals surface area contributed by atoms with Gasteiger partial charge in [0, 0.05) is 0 Å². The number of nitrogens with two attached hydrogens (primary N) is 1. The van der Waals surface area contributed by atoms with Crippen LogP contribution in [0.4, 0.5) is 0 Å². The molecule has 0 bridgehead atoms. The van der Waals surface area contributed by atoms with Gasteiger partial charge in [0.25, 0.3) is 0 Å². The van der Waals surface area contributed by atoms with Crippen LogP contribution in [0.15, 0.2) is 24.3 Å². The smallest absolute Gasteiger partial charge is 0.305 e. The van der Waals surface area contributed by atoms with Crippen molar-refractivity contribution in [2.45, 2.75) is 12.5 Å². The highest BCUT2D eigenvalue weighted by Crippen LogP contribution is 2.19. The molecule has 5 nitrogen and oxygen atoms in total. The van der Waals surface area contributed by atoms with E-state index in [2.05, 4.69) is 0 Å². The first-order chi connectivity index (χ1) is 7.56. The first-order valence-electron chi connectivity index (χ1n) is 4.71. The van der Waals surface area contributed by atoms with E-state index < -0.39 is 24.2 Å². The van der Waals surface area contributed by atoms with Crippen molar-refractivity contribution in [2.24, 2.45) is 5.73 Å². The zero-order valence-electron chi connectivity index (χ0n) is 8.84. The van der Waals surface area contributed by atoms with Crippen LogP contribution in [0.1, 0.15) is 16.8 Å². The maximum atomic E-state index is 11.8. The Morgan fingerprint density at radius 1 is 1.44 bits per heavy atom. The molecular formula is C11H13NO4. The summed E-state index contributed by atoms with van der Waals surface area (Å²) in [5.74, 6) is -1.14. The highest BCUT2D eigenvalue weighted by Gasteiger charge is 2.21. The minimum Gasteiger partial charge on any atom is -0.496 e. The van der Waals surface area contributed by atoms with E-state index in [1.807, 2.05) is 0 Å². The van der Waals surface area contributed by atoms with E-state index in [0.717, 1.165) is 0 Å². The molecule has 0 amide bonds. The number of carbonyl (C=O) groups is 2. The Morgan fingerprint density at radius 2 is 2.06 bits per heavy atom. The number of carbonyl (C=O) groups excluding carboxylic acids is 1. The Morgan fingerprint density at radius 3 is 2.62 bits per heavy atom. The SMILES string of the molecule is COc1ccccc1C(=O)C(N)CC(=O)O. The first-order valence-corrected chi connectivity index (χ1v) is 4.71. The van der Waals surface area contributed by atoms with Crippen LogP contribution in [0.5, 0.6) is 5.75 Å². The van der Waals surface area contributed by atoms with E-state index in [-0.39, 0.29) is 0 Å². The number of para-hydroxylation sites is 1. The van der Waals surface area contributed by atoms with Crippen LogP contribution in [0.3, 0.4) is 0 Å². The molecule has 1 aromatic rings. The quantitative estimate of drug-likeness (QED) is 0.716. The molecule has 0 aliphatic heterocycles. The summed E-state index contributed by atoms with van der Waals surface area (Å²) in [6, 6.07) is 5.53. The average molecular weight is 223 g/mol. The molecule has 0 spiro atoms. The van der Waals surface area contributed by atoms with Gasteiger partial charge in [-0.15, -0.1) is 0 Å². The summed E-state index contributed by atoms with van der Waals surface area (Å²) in [5, 5.41) is 8.54. The lowest BCUT2D eigenvalue weighted by atomic mass is 10.0. The number of hydrogen-bond acceptors (Lipinski definition) is 4. The van der Waals surface area contributed by atoms with Crippen LogP contribution in [-0.4, -0.2) is 30.0 Å². The Labute approximate surface area is 92.8 Å². The Kier molecular flexibility index (Phi) is 4.02. The Hall–Kier alpha value is -1.88. The number of Topliss-reactive ketones (excluding diaryl/α,β-unsaturated/α-hetero) is 1. The lowest BCUT2D eigenvalue weighted by Gasteiger charge is -2.11. The number of benzene rings is 1. The Balaban J connectivity index is 2.91. The summed E-state index contributed by atoms with van der Waals surface area (Å²) >= 11 is 0. The van der Waals surface area contributed by atoms with E-state index >= 15 is 0 Å². The monoisotopic (exact) mass is 223 g/mol. The molecule has 0 heterocycles. The molecule has 16 heavy (non-hydrogen) atoms. The molecule has 1 rings (SSSR count).